The zero-order valence-corrected chi connectivity index (χ0v) is 16.9. The van der Waals surface area contributed by atoms with E-state index in [4.69, 9.17) is 5.26 Å². The molecule has 0 saturated carbocycles. The molecule has 2 aliphatic heterocycles. The maximum absolute atomic E-state index is 12.9. The molecule has 0 aromatic heterocycles. The molecule has 2 aromatic carbocycles. The van der Waals surface area contributed by atoms with Crippen molar-refractivity contribution in [2.75, 3.05) is 23.7 Å². The minimum Gasteiger partial charge on any atom is -0.341 e. The lowest BCUT2D eigenvalue weighted by atomic mass is 9.95. The first-order chi connectivity index (χ1) is 14.5. The summed E-state index contributed by atoms with van der Waals surface area (Å²) in [6, 6.07) is 16.2. The monoisotopic (exact) mass is 420 g/mol. The number of hydrogen-bond donors (Lipinski definition) is 2. The molecule has 7 nitrogen and oxygen atoms in total. The van der Waals surface area contributed by atoms with E-state index in [-0.39, 0.29) is 23.6 Å². The van der Waals surface area contributed by atoms with Crippen molar-refractivity contribution in [2.24, 2.45) is 5.92 Å². The van der Waals surface area contributed by atoms with Crippen LogP contribution in [0.3, 0.4) is 0 Å². The summed E-state index contributed by atoms with van der Waals surface area (Å²) >= 11 is 1.27. The van der Waals surface area contributed by atoms with Gasteiger partial charge in [-0.1, -0.05) is 12.1 Å². The molecular formula is C22H20N4O3S. The van der Waals surface area contributed by atoms with E-state index in [1.807, 2.05) is 30.3 Å². The maximum atomic E-state index is 12.9. The Morgan fingerprint density at radius 3 is 2.50 bits per heavy atom. The molecule has 1 saturated heterocycles. The van der Waals surface area contributed by atoms with Gasteiger partial charge in [0, 0.05) is 29.6 Å². The van der Waals surface area contributed by atoms with Crippen LogP contribution in [0, 0.1) is 17.2 Å². The van der Waals surface area contributed by atoms with Crippen molar-refractivity contribution in [3.05, 3.63) is 54.1 Å². The number of para-hydroxylation sites is 1. The number of thioether (sulfide) groups is 1. The number of nitriles is 1. The molecule has 2 aliphatic rings. The van der Waals surface area contributed by atoms with E-state index in [9.17, 15) is 14.4 Å². The van der Waals surface area contributed by atoms with Gasteiger partial charge >= 0.3 is 0 Å². The van der Waals surface area contributed by atoms with Crippen LogP contribution in [-0.2, 0) is 14.4 Å². The second kappa shape index (κ2) is 8.59. The highest BCUT2D eigenvalue weighted by Crippen LogP contribution is 2.36. The smallest absolute Gasteiger partial charge is 0.247 e. The summed E-state index contributed by atoms with van der Waals surface area (Å²) in [7, 11) is 0. The van der Waals surface area contributed by atoms with Crippen molar-refractivity contribution in [2.45, 2.75) is 23.0 Å². The van der Waals surface area contributed by atoms with Crippen LogP contribution in [-0.4, -0.2) is 41.0 Å². The summed E-state index contributed by atoms with van der Waals surface area (Å²) in [5, 5.41) is 13.7. The Labute approximate surface area is 178 Å². The van der Waals surface area contributed by atoms with Gasteiger partial charge in [0.25, 0.3) is 0 Å². The van der Waals surface area contributed by atoms with E-state index in [2.05, 4.69) is 10.6 Å². The predicted octanol–water partition coefficient (Wildman–Crippen LogP) is 2.85. The van der Waals surface area contributed by atoms with Gasteiger partial charge in [0.15, 0.2) is 5.25 Å². The number of carbonyl (C=O) groups excluding carboxylic acids is 3. The quantitative estimate of drug-likeness (QED) is 0.744. The summed E-state index contributed by atoms with van der Waals surface area (Å²) in [5.41, 5.74) is 1.91. The Balaban J connectivity index is 1.32. The first-order valence-corrected chi connectivity index (χ1v) is 10.6. The number of carbonyl (C=O) groups is 3. The van der Waals surface area contributed by atoms with Crippen molar-refractivity contribution in [3.8, 4) is 6.07 Å². The minimum absolute atomic E-state index is 0.0921. The Morgan fingerprint density at radius 1 is 1.10 bits per heavy atom. The Kier molecular flexibility index (Phi) is 5.72. The standard InChI is InChI=1S/C22H20N4O3S/c23-13-14-5-7-16(8-6-14)24-20(27)15-9-11-26(12-10-15)22(29)19-21(28)25-17-3-1-2-4-18(17)30-19/h1-8,15,19H,9-12H2,(H,24,27)(H,25,28). The first-order valence-electron chi connectivity index (χ1n) is 9.71. The lowest BCUT2D eigenvalue weighted by molar-refractivity contribution is -0.136. The first kappa shape index (κ1) is 20.0. The highest BCUT2D eigenvalue weighted by molar-refractivity contribution is 8.01. The van der Waals surface area contributed by atoms with Crippen LogP contribution >= 0.6 is 11.8 Å². The number of amides is 3. The molecular weight excluding hydrogens is 400 g/mol. The van der Waals surface area contributed by atoms with Crippen LogP contribution in [0.2, 0.25) is 0 Å². The summed E-state index contributed by atoms with van der Waals surface area (Å²) < 4.78 is 0. The fourth-order valence-electron chi connectivity index (χ4n) is 3.61. The van der Waals surface area contributed by atoms with E-state index in [1.165, 1.54) is 11.8 Å². The van der Waals surface area contributed by atoms with Crippen molar-refractivity contribution in [1.82, 2.24) is 4.90 Å². The molecule has 0 spiro atoms. The van der Waals surface area contributed by atoms with E-state index >= 15 is 0 Å². The van der Waals surface area contributed by atoms with Gasteiger partial charge in [-0.2, -0.15) is 5.26 Å². The topological polar surface area (TPSA) is 102 Å². The van der Waals surface area contributed by atoms with Gasteiger partial charge in [-0.25, -0.2) is 0 Å². The number of fused-ring (bicyclic) bond motifs is 1. The van der Waals surface area contributed by atoms with Gasteiger partial charge in [-0.3, -0.25) is 14.4 Å². The molecule has 8 heteroatoms. The van der Waals surface area contributed by atoms with Crippen molar-refractivity contribution < 1.29 is 14.4 Å². The number of likely N-dealkylation sites (tertiary alicyclic amines) is 1. The van der Waals surface area contributed by atoms with Gasteiger partial charge in [-0.15, -0.1) is 11.8 Å². The molecule has 30 heavy (non-hydrogen) atoms. The number of anilines is 2. The predicted molar refractivity (Wildman–Crippen MR) is 114 cm³/mol. The summed E-state index contributed by atoms with van der Waals surface area (Å²) in [5.74, 6) is -0.800. The molecule has 3 amide bonds. The van der Waals surface area contributed by atoms with Crippen LogP contribution in [0.15, 0.2) is 53.4 Å². The third-order valence-electron chi connectivity index (χ3n) is 5.31. The van der Waals surface area contributed by atoms with Gasteiger partial charge < -0.3 is 15.5 Å². The third-order valence-corrected chi connectivity index (χ3v) is 6.57. The largest absolute Gasteiger partial charge is 0.341 e. The zero-order chi connectivity index (χ0) is 21.1. The zero-order valence-electron chi connectivity index (χ0n) is 16.1. The number of benzene rings is 2. The Morgan fingerprint density at radius 2 is 1.80 bits per heavy atom. The van der Waals surface area contributed by atoms with Gasteiger partial charge in [0.1, 0.15) is 0 Å². The van der Waals surface area contributed by atoms with Crippen LogP contribution in [0.25, 0.3) is 0 Å². The SMILES string of the molecule is N#Cc1ccc(NC(=O)C2CCN(C(=O)C3Sc4ccccc4NC3=O)CC2)cc1. The van der Waals surface area contributed by atoms with Crippen LogP contribution in [0.5, 0.6) is 0 Å². The molecule has 0 radical (unpaired) electrons. The maximum Gasteiger partial charge on any atom is 0.247 e. The number of hydrogen-bond acceptors (Lipinski definition) is 5. The van der Waals surface area contributed by atoms with Crippen LogP contribution in [0.4, 0.5) is 11.4 Å². The lowest BCUT2D eigenvalue weighted by Gasteiger charge is -2.34. The van der Waals surface area contributed by atoms with Crippen molar-refractivity contribution in [1.29, 1.82) is 5.26 Å². The summed E-state index contributed by atoms with van der Waals surface area (Å²) in [4.78, 5) is 40.4. The van der Waals surface area contributed by atoms with E-state index in [0.29, 0.717) is 37.2 Å². The molecule has 0 bridgehead atoms. The van der Waals surface area contributed by atoms with Gasteiger partial charge in [0.05, 0.1) is 17.3 Å². The van der Waals surface area contributed by atoms with E-state index < -0.39 is 5.25 Å². The molecule has 0 aliphatic carbocycles. The van der Waals surface area contributed by atoms with E-state index in [1.54, 1.807) is 29.2 Å². The van der Waals surface area contributed by atoms with Crippen LogP contribution in [0.1, 0.15) is 18.4 Å². The molecule has 2 aromatic rings. The second-order valence-electron chi connectivity index (χ2n) is 7.26. The van der Waals surface area contributed by atoms with Crippen molar-refractivity contribution >= 4 is 40.9 Å². The van der Waals surface area contributed by atoms with Crippen LogP contribution < -0.4 is 10.6 Å². The number of rotatable bonds is 3. The Hall–Kier alpha value is -3.31. The normalized spacial score (nSPS) is 18.7. The van der Waals surface area contributed by atoms with Crippen molar-refractivity contribution in [3.63, 3.8) is 0 Å². The van der Waals surface area contributed by atoms with Gasteiger partial charge in [-0.05, 0) is 49.2 Å². The molecule has 2 N–H and O–H groups in total. The Bertz CT molecular complexity index is 1020. The minimum atomic E-state index is -0.802. The summed E-state index contributed by atoms with van der Waals surface area (Å²) in [6.45, 7) is 0.882. The number of piperidine rings is 1. The highest BCUT2D eigenvalue weighted by atomic mass is 32.2. The van der Waals surface area contributed by atoms with E-state index in [0.717, 1.165) is 10.6 Å². The molecule has 152 valence electrons. The average molecular weight is 420 g/mol. The fourth-order valence-corrected chi connectivity index (χ4v) is 4.69. The molecule has 4 rings (SSSR count). The molecule has 1 unspecified atom stereocenters. The molecule has 1 atom stereocenters. The lowest BCUT2D eigenvalue weighted by Crippen LogP contribution is -2.48. The third kappa shape index (κ3) is 4.16. The van der Waals surface area contributed by atoms with Gasteiger partial charge in [0.2, 0.25) is 17.7 Å². The summed E-state index contributed by atoms with van der Waals surface area (Å²) in [6.07, 6.45) is 1.09. The molecule has 1 fully saturated rings. The number of nitrogens with zero attached hydrogens (tertiary/aromatic N) is 2. The highest BCUT2D eigenvalue weighted by Gasteiger charge is 2.37. The number of nitrogens with one attached hydrogen (secondary N) is 2. The average Bonchev–Trinajstić information content (AvgIpc) is 2.78. The fraction of sp³-hybridized carbons (Fsp3) is 0.273. The molecule has 2 heterocycles. The second-order valence-corrected chi connectivity index (χ2v) is 8.41.